The Hall–Kier alpha value is -3.82. The molecule has 1 aliphatic carbocycles. The maximum absolute atomic E-state index is 13.2. The first-order valence-corrected chi connectivity index (χ1v) is 16.2. The van der Waals surface area contributed by atoms with Crippen molar-refractivity contribution in [2.24, 2.45) is 5.73 Å². The van der Waals surface area contributed by atoms with Crippen LogP contribution in [0.15, 0.2) is 41.8 Å². The Morgan fingerprint density at radius 3 is 2.30 bits per heavy atom. The number of nitrogens with two attached hydrogens (primary N) is 1. The van der Waals surface area contributed by atoms with Crippen molar-refractivity contribution in [2.75, 3.05) is 34.4 Å². The fourth-order valence-corrected chi connectivity index (χ4v) is 4.11. The summed E-state index contributed by atoms with van der Waals surface area (Å²) in [6, 6.07) is 4.50. The van der Waals surface area contributed by atoms with Crippen molar-refractivity contribution < 1.29 is 46.2 Å². The van der Waals surface area contributed by atoms with Crippen LogP contribution in [0.5, 0.6) is 5.75 Å². The van der Waals surface area contributed by atoms with Gasteiger partial charge in [0, 0.05) is 31.9 Å². The smallest absolute Gasteiger partial charge is 0.416 e. The third-order valence-corrected chi connectivity index (χ3v) is 7.87. The number of methoxy groups -OCH3 is 2. The first-order chi connectivity index (χ1) is 23.4. The Labute approximate surface area is 291 Å². The number of alkyl halides is 3. The number of unbranched alkanes of at least 4 members (excludes halogenated alkanes) is 1. The van der Waals surface area contributed by atoms with Gasteiger partial charge in [-0.25, -0.2) is 4.39 Å². The zero-order valence-corrected chi connectivity index (χ0v) is 30.2. The zero-order valence-electron chi connectivity index (χ0n) is 30.2. The lowest BCUT2D eigenvalue weighted by atomic mass is 10.1. The lowest BCUT2D eigenvalue weighted by molar-refractivity contribution is -0.255. The number of ether oxygens (including phenoxy) is 3. The lowest BCUT2D eigenvalue weighted by Crippen LogP contribution is -2.45. The number of carbonyl (C=O) groups is 3. The highest BCUT2D eigenvalue weighted by Crippen LogP contribution is 2.35. The van der Waals surface area contributed by atoms with Gasteiger partial charge in [0.15, 0.2) is 17.2 Å². The number of halogens is 4. The zero-order chi connectivity index (χ0) is 38.5. The molecule has 0 bridgehead atoms. The van der Waals surface area contributed by atoms with E-state index in [9.17, 15) is 31.9 Å². The second-order valence-electron chi connectivity index (χ2n) is 12.4. The van der Waals surface area contributed by atoms with E-state index in [0.29, 0.717) is 17.2 Å². The summed E-state index contributed by atoms with van der Waals surface area (Å²) in [5.74, 6) is -0.153. The van der Waals surface area contributed by atoms with Crippen molar-refractivity contribution in [3.05, 3.63) is 53.2 Å². The van der Waals surface area contributed by atoms with Crippen molar-refractivity contribution in [3.63, 3.8) is 0 Å². The van der Waals surface area contributed by atoms with Gasteiger partial charge in [0.1, 0.15) is 6.29 Å². The van der Waals surface area contributed by atoms with Gasteiger partial charge in [0.25, 0.3) is 5.56 Å². The van der Waals surface area contributed by atoms with Gasteiger partial charge in [-0.3, -0.25) is 19.3 Å². The first kappa shape index (κ1) is 46.2. The minimum Gasteiger partial charge on any atom is -0.494 e. The van der Waals surface area contributed by atoms with Gasteiger partial charge in [-0.05, 0) is 103 Å². The molecule has 0 radical (unpaired) electrons. The summed E-state index contributed by atoms with van der Waals surface area (Å²) >= 11 is 0. The normalized spacial score (nSPS) is 16.7. The molecular weight excluding hydrogens is 664 g/mol. The molecule has 2 aromatic rings. The van der Waals surface area contributed by atoms with E-state index in [1.165, 1.54) is 25.4 Å². The number of carbonyl (C=O) groups excluding carboxylic acids is 3. The van der Waals surface area contributed by atoms with Crippen LogP contribution in [0.1, 0.15) is 72.6 Å². The third kappa shape index (κ3) is 17.2. The van der Waals surface area contributed by atoms with Gasteiger partial charge in [0.05, 0.1) is 24.6 Å². The molecule has 4 N–H and O–H groups in total. The molecule has 2 atom stereocenters. The molecule has 2 fully saturated rings. The highest BCUT2D eigenvalue weighted by atomic mass is 19.4. The van der Waals surface area contributed by atoms with E-state index in [1.54, 1.807) is 6.07 Å². The fourth-order valence-electron chi connectivity index (χ4n) is 4.11. The second-order valence-corrected chi connectivity index (χ2v) is 12.4. The SMILES string of the molecule is C=CCCCOC(C)CC=O.CN1CCCC1C(=O)NC1(C)CC1.COC(C)(C)C(F)(F)F.COc1cc2cc[nH]c(=O)c2cc1F.NC=O. The van der Waals surface area contributed by atoms with Crippen LogP contribution in [0.25, 0.3) is 10.8 Å². The topological polar surface area (TPSA) is 153 Å². The van der Waals surface area contributed by atoms with E-state index >= 15 is 0 Å². The molecule has 2 heterocycles. The van der Waals surface area contributed by atoms with E-state index < -0.39 is 17.6 Å². The molecule has 1 aliphatic heterocycles. The summed E-state index contributed by atoms with van der Waals surface area (Å²) in [7, 11) is 4.46. The van der Waals surface area contributed by atoms with Crippen LogP contribution in [0, 0.1) is 5.82 Å². The number of amides is 2. The molecule has 1 saturated heterocycles. The van der Waals surface area contributed by atoms with Crippen LogP contribution in [0.3, 0.4) is 0 Å². The number of nitrogens with one attached hydrogen (secondary N) is 2. The maximum Gasteiger partial charge on any atom is 0.416 e. The van der Waals surface area contributed by atoms with Crippen LogP contribution in [-0.2, 0) is 23.9 Å². The summed E-state index contributed by atoms with van der Waals surface area (Å²) in [5, 5.41) is 4.11. The predicted octanol–water partition coefficient (Wildman–Crippen LogP) is 5.45. The molecule has 0 spiro atoms. The van der Waals surface area contributed by atoms with Gasteiger partial charge >= 0.3 is 6.18 Å². The predicted molar refractivity (Wildman–Crippen MR) is 185 cm³/mol. The van der Waals surface area contributed by atoms with E-state index in [-0.39, 0.29) is 41.3 Å². The number of allylic oxidation sites excluding steroid dienone is 1. The molecule has 50 heavy (non-hydrogen) atoms. The Morgan fingerprint density at radius 2 is 1.86 bits per heavy atom. The highest BCUT2D eigenvalue weighted by Gasteiger charge is 2.47. The Bertz CT molecular complexity index is 1380. The molecule has 4 rings (SSSR count). The number of benzene rings is 1. The standard InChI is InChI=1S/C10H8FNO2.C10H18N2O.C9H16O2.C5H9F3O.CH3NO/c1-14-9-4-6-2-3-12-10(13)7(6)5-8(9)11;1-10(5-6-10)11-9(13)8-4-3-7-12(8)2;1-3-4-5-8-11-9(2)6-7-10;1-4(2,9-3)5(6,7)8;2-1-3/h2-5H,1H3,(H,12,13);8H,3-7H2,1-2H3,(H,11,13);3,7,9H,1,4-6,8H2,2H3;1-3H3;1H,(H2,2,3). The summed E-state index contributed by atoms with van der Waals surface area (Å²) < 4.78 is 62.6. The average molecular weight is 719 g/mol. The van der Waals surface area contributed by atoms with Crippen LogP contribution < -0.4 is 21.3 Å². The average Bonchev–Trinajstić information content (AvgIpc) is 3.61. The van der Waals surface area contributed by atoms with Crippen molar-refractivity contribution in [1.29, 1.82) is 0 Å². The monoisotopic (exact) mass is 718 g/mol. The molecule has 2 amide bonds. The van der Waals surface area contributed by atoms with Gasteiger partial charge in [-0.15, -0.1) is 6.58 Å². The molecule has 284 valence electrons. The van der Waals surface area contributed by atoms with Crippen molar-refractivity contribution in [3.8, 4) is 5.75 Å². The van der Waals surface area contributed by atoms with Gasteiger partial charge in [-0.1, -0.05) is 6.08 Å². The fraction of sp³-hybridized carbons (Fsp3) is 0.600. The molecular formula is C35H54F4N4O7. The van der Waals surface area contributed by atoms with E-state index in [2.05, 4.69) is 39.2 Å². The molecule has 2 aliphatic rings. The number of nitrogens with zero attached hydrogens (tertiary/aromatic N) is 1. The third-order valence-electron chi connectivity index (χ3n) is 7.87. The maximum atomic E-state index is 13.2. The summed E-state index contributed by atoms with van der Waals surface area (Å²) in [5.41, 5.74) is 1.98. The van der Waals surface area contributed by atoms with Gasteiger partial charge in [-0.2, -0.15) is 13.2 Å². The number of primary amides is 1. The number of H-pyrrole nitrogens is 1. The molecule has 15 heteroatoms. The molecule has 1 saturated carbocycles. The number of likely N-dealkylation sites (tertiary alicyclic amines) is 1. The van der Waals surface area contributed by atoms with Crippen LogP contribution >= 0.6 is 0 Å². The molecule has 2 unspecified atom stereocenters. The summed E-state index contributed by atoms with van der Waals surface area (Å²) in [6.45, 7) is 11.4. The highest BCUT2D eigenvalue weighted by molar-refractivity contribution is 5.83. The van der Waals surface area contributed by atoms with E-state index in [4.69, 9.17) is 14.3 Å². The number of aromatic nitrogens is 1. The van der Waals surface area contributed by atoms with Crippen molar-refractivity contribution in [2.45, 2.75) is 102 Å². The number of likely N-dealkylation sites (N-methyl/N-ethyl adjacent to an activating group) is 1. The number of pyridine rings is 1. The Balaban J connectivity index is 0.000000632. The second kappa shape index (κ2) is 22.8. The minimum absolute atomic E-state index is 0.0670. The summed E-state index contributed by atoms with van der Waals surface area (Å²) in [6.07, 6.45) is 7.26. The minimum atomic E-state index is -4.28. The largest absolute Gasteiger partial charge is 0.494 e. The number of rotatable bonds is 11. The van der Waals surface area contributed by atoms with Crippen molar-refractivity contribution in [1.82, 2.24) is 15.2 Å². The number of aromatic amines is 1. The van der Waals surface area contributed by atoms with Gasteiger partial charge < -0.3 is 35.0 Å². The number of hydrogen-bond donors (Lipinski definition) is 3. The Morgan fingerprint density at radius 1 is 1.24 bits per heavy atom. The van der Waals surface area contributed by atoms with E-state index in [0.717, 1.165) is 78.9 Å². The van der Waals surface area contributed by atoms with Crippen molar-refractivity contribution >= 4 is 29.4 Å². The number of fused-ring (bicyclic) bond motifs is 1. The Kier molecular flexibility index (Phi) is 21.1. The van der Waals surface area contributed by atoms with Crippen LogP contribution in [-0.4, -0.2) is 92.4 Å². The van der Waals surface area contributed by atoms with Gasteiger partial charge in [0.2, 0.25) is 12.3 Å². The number of aldehydes is 1. The quantitative estimate of drug-likeness (QED) is 0.120. The molecule has 1 aromatic carbocycles. The van der Waals surface area contributed by atoms with Crippen LogP contribution in [0.2, 0.25) is 0 Å². The van der Waals surface area contributed by atoms with E-state index in [1.807, 2.05) is 20.0 Å². The molecule has 1 aromatic heterocycles. The first-order valence-electron chi connectivity index (χ1n) is 16.2. The lowest BCUT2D eigenvalue weighted by Gasteiger charge is -2.25. The molecule has 11 nitrogen and oxygen atoms in total. The number of hydrogen-bond acceptors (Lipinski definition) is 8. The van der Waals surface area contributed by atoms with Crippen LogP contribution in [0.4, 0.5) is 17.6 Å². The summed E-state index contributed by atoms with van der Waals surface area (Å²) in [4.78, 5) is 46.2.